The Labute approximate surface area is 109 Å². The maximum Gasteiger partial charge on any atom is 0.215 e. The number of nitrogens with zero attached hydrogens (tertiary/aromatic N) is 2. The van der Waals surface area contributed by atoms with E-state index in [2.05, 4.69) is 5.10 Å². The summed E-state index contributed by atoms with van der Waals surface area (Å²) in [4.78, 5) is 0. The van der Waals surface area contributed by atoms with Gasteiger partial charge in [0, 0.05) is 16.7 Å². The minimum absolute atomic E-state index is 0. The first kappa shape index (κ1) is 13.3. The molecule has 17 heavy (non-hydrogen) atoms. The Balaban J connectivity index is 0.00000144. The van der Waals surface area contributed by atoms with Crippen LogP contribution in [-0.4, -0.2) is 15.7 Å². The predicted molar refractivity (Wildman–Crippen MR) is 71.6 cm³/mol. The Morgan fingerprint density at radius 3 is 2.35 bits per heavy atom. The lowest BCUT2D eigenvalue weighted by Crippen LogP contribution is -2.23. The summed E-state index contributed by atoms with van der Waals surface area (Å²) in [5.74, 6) is 0.121. The SMILES string of the molecule is Cl.N=C(N)n1nc(-c2ccc(Cl)cc2)cc1N. The van der Waals surface area contributed by atoms with Crippen LogP contribution in [0.1, 0.15) is 0 Å². The molecule has 0 saturated heterocycles. The van der Waals surface area contributed by atoms with E-state index in [9.17, 15) is 0 Å². The van der Waals surface area contributed by atoms with Crippen LogP contribution in [0.4, 0.5) is 5.82 Å². The number of anilines is 1. The average Bonchev–Trinajstić information content (AvgIpc) is 2.61. The second-order valence-corrected chi connectivity index (χ2v) is 3.69. The van der Waals surface area contributed by atoms with E-state index in [-0.39, 0.29) is 18.4 Å². The largest absolute Gasteiger partial charge is 0.383 e. The Kier molecular flexibility index (Phi) is 3.98. The summed E-state index contributed by atoms with van der Waals surface area (Å²) in [5, 5.41) is 12.0. The zero-order valence-corrected chi connectivity index (χ0v) is 10.3. The van der Waals surface area contributed by atoms with E-state index in [4.69, 9.17) is 28.5 Å². The summed E-state index contributed by atoms with van der Waals surface area (Å²) in [6, 6.07) is 8.84. The van der Waals surface area contributed by atoms with Crippen LogP contribution in [0.3, 0.4) is 0 Å². The van der Waals surface area contributed by atoms with E-state index in [1.165, 1.54) is 4.68 Å². The molecular weight excluding hydrogens is 261 g/mol. The minimum Gasteiger partial charge on any atom is -0.383 e. The first-order chi connectivity index (χ1) is 7.58. The van der Waals surface area contributed by atoms with E-state index < -0.39 is 0 Å². The highest BCUT2D eigenvalue weighted by molar-refractivity contribution is 6.30. The van der Waals surface area contributed by atoms with Gasteiger partial charge in [-0.15, -0.1) is 12.4 Å². The predicted octanol–water partition coefficient (Wildman–Crippen LogP) is 1.95. The van der Waals surface area contributed by atoms with E-state index in [1.54, 1.807) is 18.2 Å². The molecule has 5 N–H and O–H groups in total. The lowest BCUT2D eigenvalue weighted by molar-refractivity contribution is 0.925. The topological polar surface area (TPSA) is 93.7 Å². The van der Waals surface area contributed by atoms with E-state index in [1.807, 2.05) is 12.1 Å². The molecule has 0 aliphatic carbocycles. The van der Waals surface area contributed by atoms with Crippen molar-refractivity contribution in [3.05, 3.63) is 35.4 Å². The molecule has 0 aliphatic rings. The first-order valence-electron chi connectivity index (χ1n) is 4.54. The van der Waals surface area contributed by atoms with E-state index >= 15 is 0 Å². The van der Waals surface area contributed by atoms with Crippen LogP contribution < -0.4 is 11.5 Å². The maximum atomic E-state index is 7.26. The van der Waals surface area contributed by atoms with Gasteiger partial charge in [0.2, 0.25) is 5.96 Å². The fraction of sp³-hybridized carbons (Fsp3) is 0. The van der Waals surface area contributed by atoms with Gasteiger partial charge in [0.1, 0.15) is 5.82 Å². The third-order valence-electron chi connectivity index (χ3n) is 2.11. The van der Waals surface area contributed by atoms with Crippen LogP contribution in [0.5, 0.6) is 0 Å². The van der Waals surface area contributed by atoms with Gasteiger partial charge in [0.15, 0.2) is 0 Å². The van der Waals surface area contributed by atoms with Crippen molar-refractivity contribution in [2.45, 2.75) is 0 Å². The smallest absolute Gasteiger partial charge is 0.215 e. The molecule has 1 heterocycles. The number of aromatic nitrogens is 2. The molecule has 1 aromatic heterocycles. The van der Waals surface area contributed by atoms with Crippen molar-refractivity contribution in [1.82, 2.24) is 9.78 Å². The van der Waals surface area contributed by atoms with Crippen LogP contribution >= 0.6 is 24.0 Å². The van der Waals surface area contributed by atoms with Crippen molar-refractivity contribution in [3.63, 3.8) is 0 Å². The Bertz CT molecular complexity index is 532. The van der Waals surface area contributed by atoms with Gasteiger partial charge in [-0.3, -0.25) is 5.41 Å². The standard InChI is InChI=1S/C10H10ClN5.ClH/c11-7-3-1-6(2-4-7)8-5-9(12)16(15-8)10(13)14;/h1-5H,12H2,(H3,13,14);1H. The molecule has 1 aromatic carbocycles. The van der Waals surface area contributed by atoms with Gasteiger partial charge >= 0.3 is 0 Å². The lowest BCUT2D eigenvalue weighted by Gasteiger charge is -1.98. The number of nitrogens with one attached hydrogen (secondary N) is 1. The van der Waals surface area contributed by atoms with Gasteiger partial charge in [-0.05, 0) is 12.1 Å². The van der Waals surface area contributed by atoms with Gasteiger partial charge < -0.3 is 11.5 Å². The highest BCUT2D eigenvalue weighted by Gasteiger charge is 2.08. The van der Waals surface area contributed by atoms with Gasteiger partial charge in [-0.2, -0.15) is 9.78 Å². The zero-order chi connectivity index (χ0) is 11.7. The van der Waals surface area contributed by atoms with Crippen LogP contribution in [0, 0.1) is 5.41 Å². The molecule has 0 fully saturated rings. The van der Waals surface area contributed by atoms with Crippen molar-refractivity contribution < 1.29 is 0 Å². The van der Waals surface area contributed by atoms with Gasteiger partial charge in [0.25, 0.3) is 0 Å². The summed E-state index contributed by atoms with van der Waals surface area (Å²) < 4.78 is 1.17. The number of hydrogen-bond donors (Lipinski definition) is 3. The fourth-order valence-electron chi connectivity index (χ4n) is 1.35. The molecule has 2 rings (SSSR count). The molecule has 0 amide bonds. The number of nitrogen functional groups attached to an aromatic ring is 2. The van der Waals surface area contributed by atoms with E-state index in [0.29, 0.717) is 16.5 Å². The number of rotatable bonds is 1. The van der Waals surface area contributed by atoms with Gasteiger partial charge in [-0.1, -0.05) is 23.7 Å². The number of halogens is 2. The monoisotopic (exact) mass is 271 g/mol. The Morgan fingerprint density at radius 1 is 1.29 bits per heavy atom. The summed E-state index contributed by atoms with van der Waals surface area (Å²) >= 11 is 5.78. The molecule has 90 valence electrons. The van der Waals surface area contributed by atoms with Crippen LogP contribution in [-0.2, 0) is 0 Å². The zero-order valence-electron chi connectivity index (χ0n) is 8.72. The fourth-order valence-corrected chi connectivity index (χ4v) is 1.48. The molecule has 7 heteroatoms. The third-order valence-corrected chi connectivity index (χ3v) is 2.36. The molecular formula is C10H11Cl2N5. The number of nitrogens with two attached hydrogens (primary N) is 2. The molecule has 0 aliphatic heterocycles. The van der Waals surface area contributed by atoms with Crippen LogP contribution in [0.25, 0.3) is 11.3 Å². The minimum atomic E-state index is -0.210. The summed E-state index contributed by atoms with van der Waals surface area (Å²) in [5.41, 5.74) is 12.5. The van der Waals surface area contributed by atoms with Gasteiger partial charge in [0.05, 0.1) is 5.69 Å². The number of hydrogen-bond acceptors (Lipinski definition) is 3. The average molecular weight is 272 g/mol. The van der Waals surface area contributed by atoms with Crippen LogP contribution in [0.15, 0.2) is 30.3 Å². The first-order valence-corrected chi connectivity index (χ1v) is 4.91. The van der Waals surface area contributed by atoms with Crippen molar-refractivity contribution in [3.8, 4) is 11.3 Å². The van der Waals surface area contributed by atoms with Crippen LogP contribution in [0.2, 0.25) is 5.02 Å². The van der Waals surface area contributed by atoms with E-state index in [0.717, 1.165) is 5.56 Å². The second kappa shape index (κ2) is 5.07. The molecule has 2 aromatic rings. The molecule has 0 atom stereocenters. The van der Waals surface area contributed by atoms with Crippen molar-refractivity contribution in [1.29, 1.82) is 5.41 Å². The molecule has 0 bridgehead atoms. The normalized spacial score (nSPS) is 9.71. The Morgan fingerprint density at radius 2 is 1.88 bits per heavy atom. The van der Waals surface area contributed by atoms with Gasteiger partial charge in [-0.25, -0.2) is 0 Å². The lowest BCUT2D eigenvalue weighted by atomic mass is 10.1. The molecule has 5 nitrogen and oxygen atoms in total. The summed E-state index contributed by atoms with van der Waals surface area (Å²) in [6.45, 7) is 0. The summed E-state index contributed by atoms with van der Waals surface area (Å²) in [6.07, 6.45) is 0. The molecule has 0 unspecified atom stereocenters. The van der Waals surface area contributed by atoms with Crippen molar-refractivity contribution in [2.24, 2.45) is 5.73 Å². The second-order valence-electron chi connectivity index (χ2n) is 3.26. The summed E-state index contributed by atoms with van der Waals surface area (Å²) in [7, 11) is 0. The van der Waals surface area contributed by atoms with Crippen molar-refractivity contribution >= 4 is 35.8 Å². The highest BCUT2D eigenvalue weighted by Crippen LogP contribution is 2.21. The highest BCUT2D eigenvalue weighted by atomic mass is 35.5. The quantitative estimate of drug-likeness (QED) is 0.547. The molecule has 0 spiro atoms. The number of benzene rings is 1. The Hall–Kier alpha value is -1.72. The molecule has 0 saturated carbocycles. The maximum absolute atomic E-state index is 7.26. The molecule has 0 radical (unpaired) electrons. The van der Waals surface area contributed by atoms with Crippen molar-refractivity contribution in [2.75, 3.05) is 5.73 Å². The third kappa shape index (κ3) is 2.69.